The molecule has 0 fully saturated rings. The molecule has 1 N–H and O–H groups in total. The summed E-state index contributed by atoms with van der Waals surface area (Å²) in [6.07, 6.45) is 8.22. The van der Waals surface area contributed by atoms with Crippen molar-refractivity contribution in [3.8, 4) is 22.8 Å². The quantitative estimate of drug-likeness (QED) is 0.0557. The highest BCUT2D eigenvalue weighted by Gasteiger charge is 2.35. The van der Waals surface area contributed by atoms with Crippen LogP contribution in [0, 0.1) is 23.0 Å². The fraction of sp³-hybridized carbons (Fsp3) is 0.333. The Morgan fingerprint density at radius 1 is 1.04 bits per heavy atom. The first-order chi connectivity index (χ1) is 27.3. The molecule has 2 atom stereocenters. The van der Waals surface area contributed by atoms with Gasteiger partial charge >= 0.3 is 5.97 Å². The number of fused-ring (bicyclic) bond motifs is 1. The van der Waals surface area contributed by atoms with Gasteiger partial charge in [0.15, 0.2) is 11.6 Å². The highest BCUT2D eigenvalue weighted by Crippen LogP contribution is 2.46. The van der Waals surface area contributed by atoms with Crippen LogP contribution < -0.4 is 9.04 Å². The number of oxazole rings is 1. The molecule has 4 aromatic carbocycles. The van der Waals surface area contributed by atoms with Crippen molar-refractivity contribution < 1.29 is 32.6 Å². The number of aliphatic hydroxyl groups is 1. The van der Waals surface area contributed by atoms with Gasteiger partial charge in [0.1, 0.15) is 23.5 Å². The monoisotopic (exact) mass is 876 g/mol. The van der Waals surface area contributed by atoms with Crippen LogP contribution in [0.3, 0.4) is 0 Å². The van der Waals surface area contributed by atoms with Crippen molar-refractivity contribution in [2.24, 2.45) is 11.3 Å². The van der Waals surface area contributed by atoms with Crippen LogP contribution in [0.15, 0.2) is 105 Å². The van der Waals surface area contributed by atoms with Gasteiger partial charge in [-0.1, -0.05) is 69.7 Å². The van der Waals surface area contributed by atoms with Crippen molar-refractivity contribution in [1.29, 1.82) is 0 Å². The van der Waals surface area contributed by atoms with E-state index in [1.54, 1.807) is 11.8 Å². The van der Waals surface area contributed by atoms with Gasteiger partial charge in [-0.2, -0.15) is 11.8 Å². The molecule has 57 heavy (non-hydrogen) atoms. The normalized spacial score (nSPS) is 14.2. The van der Waals surface area contributed by atoms with Crippen LogP contribution in [0.4, 0.5) is 14.5 Å². The number of carbonyl (C=O) groups is 1. The number of hydrogen-bond donors (Lipinski definition) is 1. The van der Waals surface area contributed by atoms with Crippen molar-refractivity contribution in [2.45, 2.75) is 63.7 Å². The maximum absolute atomic E-state index is 15.7. The number of esters is 1. The van der Waals surface area contributed by atoms with Gasteiger partial charge in [-0.15, -0.1) is 0 Å². The number of aromatic nitrogens is 1. The summed E-state index contributed by atoms with van der Waals surface area (Å²) in [6.45, 7) is 8.54. The second-order valence-corrected chi connectivity index (χ2v) is 18.1. The van der Waals surface area contributed by atoms with E-state index in [0.717, 1.165) is 41.0 Å². The first-order valence-electron chi connectivity index (χ1n) is 18.8. The molecular formula is C45H47BrF2N2O5S2. The van der Waals surface area contributed by atoms with E-state index in [9.17, 15) is 9.90 Å². The molecule has 1 aliphatic rings. The topological polar surface area (TPSA) is 85.0 Å². The molecule has 0 amide bonds. The summed E-state index contributed by atoms with van der Waals surface area (Å²) in [6, 6.07) is 23.6. The molecule has 12 heteroatoms. The Kier molecular flexibility index (Phi) is 13.9. The molecule has 2 unspecified atom stereocenters. The number of thioether (sulfide) groups is 1. The summed E-state index contributed by atoms with van der Waals surface area (Å²) in [5, 5.41) is 9.29. The number of methoxy groups -OCH3 is 1. The molecule has 2 heterocycles. The van der Waals surface area contributed by atoms with Gasteiger partial charge in [-0.3, -0.25) is 9.10 Å². The Bertz CT molecular complexity index is 2220. The molecule has 300 valence electrons. The van der Waals surface area contributed by atoms with Crippen LogP contribution in [0.1, 0.15) is 69.5 Å². The Morgan fingerprint density at radius 2 is 1.82 bits per heavy atom. The lowest BCUT2D eigenvalue weighted by molar-refractivity contribution is -0.144. The number of nitrogens with zero attached hydrogens (tertiary/aromatic N) is 2. The number of anilines is 1. The Morgan fingerprint density at radius 3 is 2.58 bits per heavy atom. The van der Waals surface area contributed by atoms with Gasteiger partial charge in [0.05, 0.1) is 35.2 Å². The third kappa shape index (κ3) is 10.1. The molecule has 1 aromatic heterocycles. The van der Waals surface area contributed by atoms with Gasteiger partial charge in [0.25, 0.3) is 0 Å². The van der Waals surface area contributed by atoms with Gasteiger partial charge in [-0.05, 0) is 119 Å². The number of aliphatic hydroxyl groups excluding tert-OH is 1. The van der Waals surface area contributed by atoms with Gasteiger partial charge in [0, 0.05) is 28.0 Å². The maximum atomic E-state index is 15.7. The van der Waals surface area contributed by atoms with Crippen LogP contribution in [0.2, 0.25) is 0 Å². The highest BCUT2D eigenvalue weighted by atomic mass is 79.9. The third-order valence-corrected chi connectivity index (χ3v) is 13.4. The first kappa shape index (κ1) is 42.5. The molecule has 0 saturated heterocycles. The second kappa shape index (κ2) is 18.7. The molecular weight excluding hydrogens is 831 g/mol. The lowest BCUT2D eigenvalue weighted by atomic mass is 9.75. The highest BCUT2D eigenvalue weighted by molar-refractivity contribution is 9.10. The van der Waals surface area contributed by atoms with Crippen molar-refractivity contribution >= 4 is 57.4 Å². The fourth-order valence-corrected chi connectivity index (χ4v) is 9.61. The first-order valence-corrected chi connectivity index (χ1v) is 21.6. The number of hydrogen-bond acceptors (Lipinski definition) is 9. The predicted molar refractivity (Wildman–Crippen MR) is 230 cm³/mol. The summed E-state index contributed by atoms with van der Waals surface area (Å²) < 4.78 is 51.1. The molecule has 7 nitrogen and oxygen atoms in total. The molecule has 6 rings (SSSR count). The van der Waals surface area contributed by atoms with Crippen molar-refractivity contribution in [1.82, 2.24) is 4.98 Å². The van der Waals surface area contributed by atoms with Crippen LogP contribution in [0.25, 0.3) is 17.3 Å². The Labute approximate surface area is 350 Å². The minimum atomic E-state index is -0.708. The van der Waals surface area contributed by atoms with Crippen molar-refractivity contribution in [3.05, 3.63) is 130 Å². The number of halogens is 3. The zero-order valence-corrected chi connectivity index (χ0v) is 35.9. The van der Waals surface area contributed by atoms with Crippen molar-refractivity contribution in [3.63, 3.8) is 0 Å². The average Bonchev–Trinajstić information content (AvgIpc) is 3.71. The largest absolute Gasteiger partial charge is 0.469 e. The number of para-hydroxylation sites is 1. The number of benzene rings is 4. The Balaban J connectivity index is 1.28. The number of ether oxygens (including phenoxy) is 2. The van der Waals surface area contributed by atoms with Crippen molar-refractivity contribution in [2.75, 3.05) is 29.5 Å². The summed E-state index contributed by atoms with van der Waals surface area (Å²) in [4.78, 5) is 17.9. The molecule has 5 aromatic rings. The minimum Gasteiger partial charge on any atom is -0.469 e. The predicted octanol–water partition coefficient (Wildman–Crippen LogP) is 12.3. The smallest absolute Gasteiger partial charge is 0.308 e. The molecule has 0 radical (unpaired) electrons. The maximum Gasteiger partial charge on any atom is 0.308 e. The van der Waals surface area contributed by atoms with Crippen LogP contribution in [0.5, 0.6) is 11.5 Å². The summed E-state index contributed by atoms with van der Waals surface area (Å²) in [5.74, 6) is 0.548. The lowest BCUT2D eigenvalue weighted by Gasteiger charge is -2.30. The van der Waals surface area contributed by atoms with E-state index >= 15 is 8.78 Å². The molecule has 0 bridgehead atoms. The fourth-order valence-electron chi connectivity index (χ4n) is 6.90. The summed E-state index contributed by atoms with van der Waals surface area (Å²) in [5.41, 5.74) is 3.42. The van der Waals surface area contributed by atoms with E-state index in [-0.39, 0.29) is 46.7 Å². The standard InChI is InChI=1S/C45H47BrF2N2O5S2/c1-29(42(52)53-5)23-30-11-9-12-31(24-30)45(4,19-10-18-44(2,3)28-56-22-21-51)43-49-38(27-54-43)35-25-33(15-16-36(35)47)55-41-37(48)26-39-34(40(41)46)17-20-50(57-39)32-13-7-6-8-14-32/h6-9,11-17,20,24-27,29,51H,10,18-19,21-23,28H2,1-5H3. The van der Waals surface area contributed by atoms with E-state index in [1.807, 2.05) is 72.0 Å². The summed E-state index contributed by atoms with van der Waals surface area (Å²) in [7, 11) is 1.39. The molecule has 0 saturated carbocycles. The van der Waals surface area contributed by atoms with Crippen LogP contribution >= 0.6 is 39.6 Å². The number of carbonyl (C=O) groups excluding carboxylic acids is 1. The average molecular weight is 878 g/mol. The van der Waals surface area contributed by atoms with E-state index < -0.39 is 17.0 Å². The van der Waals surface area contributed by atoms with Gasteiger partial charge < -0.3 is 19.0 Å². The molecule has 0 aliphatic carbocycles. The zero-order chi connectivity index (χ0) is 40.7. The molecule has 0 spiro atoms. The van der Waals surface area contributed by atoms with Crippen LogP contribution in [-0.2, 0) is 21.4 Å². The van der Waals surface area contributed by atoms with E-state index in [4.69, 9.17) is 18.9 Å². The van der Waals surface area contributed by atoms with Gasteiger partial charge in [0.2, 0.25) is 5.89 Å². The minimum absolute atomic E-state index is 0.0165. The van der Waals surface area contributed by atoms with Crippen LogP contribution in [-0.4, -0.2) is 41.3 Å². The third-order valence-electron chi connectivity index (χ3n) is 10.1. The van der Waals surface area contributed by atoms with E-state index in [0.29, 0.717) is 33.9 Å². The SMILES string of the molecule is COC(=O)C(C)Cc1cccc(C(C)(CCCC(C)(C)CSCCO)c2nc(-c3cc(Oc4c(F)cc5c(c4Br)C=CN(c4ccccc4)S5)ccc3F)co2)c1. The molecule has 1 aliphatic heterocycles. The van der Waals surface area contributed by atoms with E-state index in [2.05, 4.69) is 42.8 Å². The summed E-state index contributed by atoms with van der Waals surface area (Å²) >= 11 is 6.71. The second-order valence-electron chi connectivity index (χ2n) is 15.2. The number of rotatable bonds is 17. The Hall–Kier alpha value is -4.10. The lowest BCUT2D eigenvalue weighted by Crippen LogP contribution is -2.26. The van der Waals surface area contributed by atoms with E-state index in [1.165, 1.54) is 49.6 Å². The van der Waals surface area contributed by atoms with Gasteiger partial charge in [-0.25, -0.2) is 13.8 Å². The zero-order valence-electron chi connectivity index (χ0n) is 32.7.